The fraction of sp³-hybridized carbons (Fsp3) is 0.385. The molecule has 1 aromatic heterocycles. The van der Waals surface area contributed by atoms with E-state index in [0.29, 0.717) is 0 Å². The van der Waals surface area contributed by atoms with Crippen molar-refractivity contribution in [2.45, 2.75) is 19.4 Å². The number of aromatic nitrogens is 2. The molecule has 0 aliphatic rings. The Morgan fingerprint density at radius 3 is 3.00 bits per heavy atom. The van der Waals surface area contributed by atoms with Crippen LogP contribution in [0.2, 0.25) is 0 Å². The molecule has 96 valence electrons. The summed E-state index contributed by atoms with van der Waals surface area (Å²) in [5.41, 5.74) is 1.96. The number of carboxylic acids is 1. The highest BCUT2D eigenvalue weighted by Gasteiger charge is 2.07. The van der Waals surface area contributed by atoms with Crippen LogP contribution in [0.25, 0.3) is 11.0 Å². The number of methoxy groups -OCH3 is 1. The van der Waals surface area contributed by atoms with Crippen LogP contribution in [0.1, 0.15) is 23.2 Å². The third kappa shape index (κ3) is 2.68. The summed E-state index contributed by atoms with van der Waals surface area (Å²) >= 11 is 0. The fourth-order valence-electron chi connectivity index (χ4n) is 1.90. The van der Waals surface area contributed by atoms with E-state index in [1.807, 2.05) is 10.6 Å². The number of fused-ring (bicyclic) bond motifs is 1. The number of aromatic carboxylic acids is 1. The van der Waals surface area contributed by atoms with Crippen molar-refractivity contribution in [3.63, 3.8) is 0 Å². The summed E-state index contributed by atoms with van der Waals surface area (Å²) in [5.74, 6) is -0.924. The Morgan fingerprint density at radius 1 is 1.44 bits per heavy atom. The van der Waals surface area contributed by atoms with E-state index in [9.17, 15) is 4.79 Å². The van der Waals surface area contributed by atoms with Gasteiger partial charge < -0.3 is 14.4 Å². The van der Waals surface area contributed by atoms with E-state index in [1.54, 1.807) is 25.6 Å². The van der Waals surface area contributed by atoms with Crippen molar-refractivity contribution in [1.29, 1.82) is 0 Å². The lowest BCUT2D eigenvalue weighted by molar-refractivity contribution is 0.0697. The molecule has 0 bridgehead atoms. The lowest BCUT2D eigenvalue weighted by atomic mass is 10.2. The molecule has 0 unspecified atom stereocenters. The second kappa shape index (κ2) is 5.64. The van der Waals surface area contributed by atoms with Crippen molar-refractivity contribution in [3.05, 3.63) is 30.1 Å². The van der Waals surface area contributed by atoms with Gasteiger partial charge in [0.1, 0.15) is 0 Å². The van der Waals surface area contributed by atoms with Gasteiger partial charge in [0.05, 0.1) is 22.9 Å². The summed E-state index contributed by atoms with van der Waals surface area (Å²) in [6.07, 6.45) is 3.77. The smallest absolute Gasteiger partial charge is 0.335 e. The van der Waals surface area contributed by atoms with Crippen molar-refractivity contribution >= 4 is 17.0 Å². The Hall–Kier alpha value is -1.88. The molecule has 0 spiro atoms. The Balaban J connectivity index is 2.13. The van der Waals surface area contributed by atoms with E-state index >= 15 is 0 Å². The number of unbranched alkanes of at least 4 members (excludes halogenated alkanes) is 1. The van der Waals surface area contributed by atoms with E-state index in [4.69, 9.17) is 9.84 Å². The van der Waals surface area contributed by atoms with Crippen LogP contribution >= 0.6 is 0 Å². The zero-order valence-electron chi connectivity index (χ0n) is 10.3. The first-order valence-electron chi connectivity index (χ1n) is 5.89. The SMILES string of the molecule is COCCCCn1cnc2cc(C(=O)O)ccc21. The number of hydrogen-bond donors (Lipinski definition) is 1. The van der Waals surface area contributed by atoms with E-state index < -0.39 is 5.97 Å². The Morgan fingerprint density at radius 2 is 2.28 bits per heavy atom. The third-order valence-corrected chi connectivity index (χ3v) is 2.87. The average molecular weight is 248 g/mol. The summed E-state index contributed by atoms with van der Waals surface area (Å²) in [5, 5.41) is 8.90. The Labute approximate surface area is 105 Å². The van der Waals surface area contributed by atoms with Gasteiger partial charge in [0.15, 0.2) is 0 Å². The molecule has 0 amide bonds. The van der Waals surface area contributed by atoms with Gasteiger partial charge >= 0.3 is 5.97 Å². The third-order valence-electron chi connectivity index (χ3n) is 2.87. The molecule has 0 aliphatic heterocycles. The molecular weight excluding hydrogens is 232 g/mol. The highest BCUT2D eigenvalue weighted by Crippen LogP contribution is 2.15. The number of benzene rings is 1. The number of nitrogens with zero attached hydrogens (tertiary/aromatic N) is 2. The summed E-state index contributed by atoms with van der Waals surface area (Å²) in [6, 6.07) is 5.02. The molecule has 1 N–H and O–H groups in total. The van der Waals surface area contributed by atoms with Crippen LogP contribution < -0.4 is 0 Å². The second-order valence-corrected chi connectivity index (χ2v) is 4.15. The van der Waals surface area contributed by atoms with Crippen LogP contribution in [0.3, 0.4) is 0 Å². The average Bonchev–Trinajstić information content (AvgIpc) is 2.77. The number of aryl methyl sites for hydroxylation is 1. The van der Waals surface area contributed by atoms with E-state index in [0.717, 1.165) is 37.0 Å². The molecule has 1 heterocycles. The standard InChI is InChI=1S/C13H16N2O3/c1-18-7-3-2-6-15-9-14-11-8-10(13(16)17)4-5-12(11)15/h4-5,8-9H,2-3,6-7H2,1H3,(H,16,17). The van der Waals surface area contributed by atoms with Gasteiger partial charge in [0.25, 0.3) is 0 Å². The van der Waals surface area contributed by atoms with E-state index in [-0.39, 0.29) is 5.56 Å². The molecule has 1 aromatic carbocycles. The van der Waals surface area contributed by atoms with Gasteiger partial charge in [-0.15, -0.1) is 0 Å². The summed E-state index contributed by atoms with van der Waals surface area (Å²) in [7, 11) is 1.69. The largest absolute Gasteiger partial charge is 0.478 e. The van der Waals surface area contributed by atoms with Crippen LogP contribution in [0.4, 0.5) is 0 Å². The van der Waals surface area contributed by atoms with Gasteiger partial charge in [0.2, 0.25) is 0 Å². The number of imidazole rings is 1. The minimum absolute atomic E-state index is 0.270. The molecule has 0 atom stereocenters. The predicted molar refractivity (Wildman–Crippen MR) is 67.8 cm³/mol. The molecule has 0 radical (unpaired) electrons. The van der Waals surface area contributed by atoms with Crippen molar-refractivity contribution in [2.75, 3.05) is 13.7 Å². The van der Waals surface area contributed by atoms with Crippen molar-refractivity contribution in [1.82, 2.24) is 9.55 Å². The molecular formula is C13H16N2O3. The Kier molecular flexibility index (Phi) is 3.94. The van der Waals surface area contributed by atoms with Crippen molar-refractivity contribution < 1.29 is 14.6 Å². The quantitative estimate of drug-likeness (QED) is 0.796. The Bertz CT molecular complexity index is 548. The topological polar surface area (TPSA) is 64.4 Å². The minimum atomic E-state index is -0.924. The van der Waals surface area contributed by atoms with E-state index in [1.165, 1.54) is 0 Å². The van der Waals surface area contributed by atoms with Crippen molar-refractivity contribution in [2.24, 2.45) is 0 Å². The monoisotopic (exact) mass is 248 g/mol. The maximum Gasteiger partial charge on any atom is 0.335 e. The molecule has 0 saturated heterocycles. The lowest BCUT2D eigenvalue weighted by Gasteiger charge is -2.04. The van der Waals surface area contributed by atoms with Crippen LogP contribution in [-0.2, 0) is 11.3 Å². The molecule has 2 aromatic rings. The number of ether oxygens (including phenoxy) is 1. The van der Waals surface area contributed by atoms with Crippen LogP contribution in [0.5, 0.6) is 0 Å². The van der Waals surface area contributed by atoms with Crippen molar-refractivity contribution in [3.8, 4) is 0 Å². The molecule has 18 heavy (non-hydrogen) atoms. The molecule has 0 aliphatic carbocycles. The van der Waals surface area contributed by atoms with Crippen LogP contribution in [-0.4, -0.2) is 34.3 Å². The minimum Gasteiger partial charge on any atom is -0.478 e. The molecule has 5 heteroatoms. The summed E-state index contributed by atoms with van der Waals surface area (Å²) in [6.45, 7) is 1.63. The summed E-state index contributed by atoms with van der Waals surface area (Å²) < 4.78 is 7.04. The van der Waals surface area contributed by atoms with Gasteiger partial charge in [-0.05, 0) is 31.0 Å². The second-order valence-electron chi connectivity index (χ2n) is 4.15. The highest BCUT2D eigenvalue weighted by atomic mass is 16.5. The predicted octanol–water partition coefficient (Wildman–Crippen LogP) is 2.16. The van der Waals surface area contributed by atoms with Crippen LogP contribution in [0.15, 0.2) is 24.5 Å². The van der Waals surface area contributed by atoms with Gasteiger partial charge in [0, 0.05) is 20.3 Å². The first-order chi connectivity index (χ1) is 8.72. The molecule has 2 rings (SSSR count). The number of carboxylic acid groups (broad SMARTS) is 1. The van der Waals surface area contributed by atoms with E-state index in [2.05, 4.69) is 4.98 Å². The molecule has 0 fully saturated rings. The zero-order valence-corrected chi connectivity index (χ0v) is 10.3. The zero-order chi connectivity index (χ0) is 13.0. The maximum atomic E-state index is 10.8. The summed E-state index contributed by atoms with van der Waals surface area (Å²) in [4.78, 5) is 15.1. The number of rotatable bonds is 6. The lowest BCUT2D eigenvalue weighted by Crippen LogP contribution is -1.99. The molecule has 5 nitrogen and oxygen atoms in total. The van der Waals surface area contributed by atoms with Gasteiger partial charge in [-0.3, -0.25) is 0 Å². The first kappa shape index (κ1) is 12.6. The van der Waals surface area contributed by atoms with Gasteiger partial charge in [-0.25, -0.2) is 9.78 Å². The normalized spacial score (nSPS) is 10.9. The highest BCUT2D eigenvalue weighted by molar-refractivity contribution is 5.92. The van der Waals surface area contributed by atoms with Crippen LogP contribution in [0, 0.1) is 0 Å². The maximum absolute atomic E-state index is 10.8. The first-order valence-corrected chi connectivity index (χ1v) is 5.89. The molecule has 0 saturated carbocycles. The number of carbonyl (C=O) groups is 1. The fourth-order valence-corrected chi connectivity index (χ4v) is 1.90. The van der Waals surface area contributed by atoms with Gasteiger partial charge in [-0.1, -0.05) is 0 Å². The number of hydrogen-bond acceptors (Lipinski definition) is 3. The van der Waals surface area contributed by atoms with Gasteiger partial charge in [-0.2, -0.15) is 0 Å².